The molecule has 1 saturated heterocycles. The molecule has 2 aliphatic rings. The third-order valence-electron chi connectivity index (χ3n) is 4.52. The number of nitrogens with zero attached hydrogens (tertiary/aromatic N) is 4. The average molecular weight is 331 g/mol. The molecule has 23 heavy (non-hydrogen) atoms. The summed E-state index contributed by atoms with van der Waals surface area (Å²) in [4.78, 5) is 0. The molecule has 0 unspecified atom stereocenters. The van der Waals surface area contributed by atoms with Gasteiger partial charge >= 0.3 is 0 Å². The Morgan fingerprint density at radius 3 is 2.52 bits per heavy atom. The van der Waals surface area contributed by atoms with Gasteiger partial charge in [-0.25, -0.2) is 4.68 Å². The highest BCUT2D eigenvalue weighted by molar-refractivity contribution is 6.32. The molecule has 0 bridgehead atoms. The van der Waals surface area contributed by atoms with E-state index in [2.05, 4.69) is 10.2 Å². The number of ether oxygens (including phenoxy) is 1. The molecule has 5 rings (SSSR count). The van der Waals surface area contributed by atoms with Gasteiger partial charge < -0.3 is 4.74 Å². The van der Waals surface area contributed by atoms with Crippen LogP contribution in [0.25, 0.3) is 16.6 Å². The van der Waals surface area contributed by atoms with E-state index in [1.54, 1.807) is 10.9 Å². The largest absolute Gasteiger partial charge is 0.381 e. The minimum Gasteiger partial charge on any atom is -0.381 e. The van der Waals surface area contributed by atoms with Crippen LogP contribution >= 0.6 is 11.6 Å². The molecule has 1 aliphatic heterocycles. The zero-order valence-electron chi connectivity index (χ0n) is 13.2. The second-order valence-corrected chi connectivity index (χ2v) is 6.79. The number of hydrogen-bond acceptors (Lipinski definition) is 3. The minimum absolute atomic E-state index is 0.767. The summed E-state index contributed by atoms with van der Waals surface area (Å²) in [5, 5.41) is 10.3. The van der Waals surface area contributed by atoms with E-state index in [1.807, 2.05) is 43.2 Å². The summed E-state index contributed by atoms with van der Waals surface area (Å²) in [6.07, 6.45) is 6.99. The zero-order valence-corrected chi connectivity index (χ0v) is 14.0. The van der Waals surface area contributed by atoms with Crippen LogP contribution in [0, 0.1) is 18.8 Å². The molecular weight excluding hydrogens is 312 g/mol. The van der Waals surface area contributed by atoms with Crippen LogP contribution in [-0.4, -0.2) is 32.8 Å². The number of aromatic nitrogens is 4. The van der Waals surface area contributed by atoms with Crippen molar-refractivity contribution in [2.75, 3.05) is 13.2 Å². The van der Waals surface area contributed by atoms with E-state index in [4.69, 9.17) is 16.3 Å². The monoisotopic (exact) mass is 330 g/mol. The molecule has 0 radical (unpaired) electrons. The molecule has 5 nitrogen and oxygen atoms in total. The predicted octanol–water partition coefficient (Wildman–Crippen LogP) is 3.37. The van der Waals surface area contributed by atoms with Gasteiger partial charge in [-0.15, -0.1) is 0 Å². The van der Waals surface area contributed by atoms with Gasteiger partial charge in [0.2, 0.25) is 0 Å². The number of aryl methyl sites for hydroxylation is 2. The quantitative estimate of drug-likeness (QED) is 0.687. The maximum atomic E-state index is 6.09. The zero-order chi connectivity index (χ0) is 16.0. The van der Waals surface area contributed by atoms with E-state index in [0.717, 1.165) is 52.2 Å². The number of benzene rings is 1. The van der Waals surface area contributed by atoms with Crippen molar-refractivity contribution in [2.45, 2.75) is 13.3 Å². The fraction of sp³-hybridized carbons (Fsp3) is 0.412. The Balaban J connectivity index is 0.000000186. The first-order chi connectivity index (χ1) is 11.1. The maximum absolute atomic E-state index is 6.09. The van der Waals surface area contributed by atoms with E-state index in [0.29, 0.717) is 0 Å². The highest BCUT2D eigenvalue weighted by Crippen LogP contribution is 2.43. The highest BCUT2D eigenvalue weighted by Gasteiger charge is 2.41. The van der Waals surface area contributed by atoms with Gasteiger partial charge in [0, 0.05) is 30.7 Å². The SMILES string of the molecule is C1OC[C@H]2C[C@@H]12.Cc1cc2c(cnn2-c2cnn(C)c2)cc1Cl. The van der Waals surface area contributed by atoms with E-state index < -0.39 is 0 Å². The van der Waals surface area contributed by atoms with Crippen molar-refractivity contribution >= 4 is 22.5 Å². The third kappa shape index (κ3) is 2.86. The molecule has 0 amide bonds. The number of rotatable bonds is 1. The fourth-order valence-electron chi connectivity index (χ4n) is 2.96. The van der Waals surface area contributed by atoms with Gasteiger partial charge in [0.05, 0.1) is 24.1 Å². The number of fused-ring (bicyclic) bond motifs is 2. The van der Waals surface area contributed by atoms with E-state index in [9.17, 15) is 0 Å². The minimum atomic E-state index is 0.767. The summed E-state index contributed by atoms with van der Waals surface area (Å²) in [5.74, 6) is 1.98. The molecule has 2 aromatic heterocycles. The van der Waals surface area contributed by atoms with Crippen LogP contribution in [0.15, 0.2) is 30.7 Å². The molecule has 0 spiro atoms. The fourth-order valence-corrected chi connectivity index (χ4v) is 3.14. The van der Waals surface area contributed by atoms with E-state index in [-0.39, 0.29) is 0 Å². The highest BCUT2D eigenvalue weighted by atomic mass is 35.5. The summed E-state index contributed by atoms with van der Waals surface area (Å²) in [5.41, 5.74) is 3.04. The van der Waals surface area contributed by atoms with Crippen molar-refractivity contribution in [3.8, 4) is 5.69 Å². The first-order valence-corrected chi connectivity index (χ1v) is 8.20. The summed E-state index contributed by atoms with van der Waals surface area (Å²) < 4.78 is 8.73. The molecule has 6 heteroatoms. The van der Waals surface area contributed by atoms with Gasteiger partial charge in [0.1, 0.15) is 5.69 Å². The first-order valence-electron chi connectivity index (χ1n) is 7.82. The molecule has 2 fully saturated rings. The summed E-state index contributed by atoms with van der Waals surface area (Å²) in [6, 6.07) is 3.98. The first kappa shape index (κ1) is 14.7. The van der Waals surface area contributed by atoms with Crippen LogP contribution < -0.4 is 0 Å². The lowest BCUT2D eigenvalue weighted by Crippen LogP contribution is -1.94. The maximum Gasteiger partial charge on any atom is 0.103 e. The second kappa shape index (κ2) is 5.65. The Morgan fingerprint density at radius 2 is 1.96 bits per heavy atom. The topological polar surface area (TPSA) is 44.9 Å². The van der Waals surface area contributed by atoms with E-state index in [1.165, 1.54) is 6.42 Å². The van der Waals surface area contributed by atoms with Gasteiger partial charge in [-0.1, -0.05) is 11.6 Å². The lowest BCUT2D eigenvalue weighted by atomic mass is 10.2. The third-order valence-corrected chi connectivity index (χ3v) is 4.92. The van der Waals surface area contributed by atoms with Gasteiger partial charge in [-0.3, -0.25) is 4.68 Å². The van der Waals surface area contributed by atoms with Gasteiger partial charge in [-0.2, -0.15) is 10.2 Å². The molecule has 2 atom stereocenters. The van der Waals surface area contributed by atoms with Crippen LogP contribution in [0.1, 0.15) is 12.0 Å². The van der Waals surface area contributed by atoms with Crippen LogP contribution in [0.5, 0.6) is 0 Å². The van der Waals surface area contributed by atoms with Crippen molar-refractivity contribution in [3.63, 3.8) is 0 Å². The molecule has 3 heterocycles. The summed E-state index contributed by atoms with van der Waals surface area (Å²) in [6.45, 7) is 4.11. The predicted molar refractivity (Wildman–Crippen MR) is 90.0 cm³/mol. The molecular formula is C17H19ClN4O. The molecule has 1 saturated carbocycles. The Kier molecular flexibility index (Phi) is 3.62. The molecule has 3 aromatic rings. The number of halogens is 1. The lowest BCUT2D eigenvalue weighted by Gasteiger charge is -2.01. The molecule has 1 aliphatic carbocycles. The van der Waals surface area contributed by atoms with Crippen LogP contribution in [0.2, 0.25) is 5.02 Å². The number of hydrogen-bond donors (Lipinski definition) is 0. The smallest absolute Gasteiger partial charge is 0.103 e. The van der Waals surface area contributed by atoms with Crippen LogP contribution in [-0.2, 0) is 11.8 Å². The van der Waals surface area contributed by atoms with E-state index >= 15 is 0 Å². The summed E-state index contributed by atoms with van der Waals surface area (Å²) in [7, 11) is 1.89. The molecule has 120 valence electrons. The van der Waals surface area contributed by atoms with Crippen molar-refractivity contribution in [2.24, 2.45) is 18.9 Å². The van der Waals surface area contributed by atoms with Crippen molar-refractivity contribution in [1.82, 2.24) is 19.6 Å². The Labute approximate surface area is 139 Å². The standard InChI is InChI=1S/C12H11ClN4.C5H8O/c1-8-3-12-9(4-11(8)13)5-15-17(12)10-6-14-16(2)7-10;1-4-2-6-3-5(1)4/h3-7H,1-2H3;4-5H,1-3H2/t;4-,5+. The Hall–Kier alpha value is -1.85. The molecule has 1 aromatic carbocycles. The van der Waals surface area contributed by atoms with Crippen molar-refractivity contribution in [1.29, 1.82) is 0 Å². The van der Waals surface area contributed by atoms with Crippen molar-refractivity contribution in [3.05, 3.63) is 41.3 Å². The van der Waals surface area contributed by atoms with Gasteiger partial charge in [0.15, 0.2) is 0 Å². The van der Waals surface area contributed by atoms with Gasteiger partial charge in [-0.05, 0) is 42.9 Å². The Morgan fingerprint density at radius 1 is 1.17 bits per heavy atom. The normalized spacial score (nSPS) is 21.9. The van der Waals surface area contributed by atoms with Crippen LogP contribution in [0.3, 0.4) is 0 Å². The van der Waals surface area contributed by atoms with Crippen LogP contribution in [0.4, 0.5) is 0 Å². The average Bonchev–Trinajstić information content (AvgIpc) is 2.91. The Bertz CT molecular complexity index is 846. The second-order valence-electron chi connectivity index (χ2n) is 6.38. The summed E-state index contributed by atoms with van der Waals surface area (Å²) >= 11 is 6.09. The van der Waals surface area contributed by atoms with Crippen molar-refractivity contribution < 1.29 is 4.74 Å². The molecule has 0 N–H and O–H groups in total. The van der Waals surface area contributed by atoms with Gasteiger partial charge in [0.25, 0.3) is 0 Å². The lowest BCUT2D eigenvalue weighted by molar-refractivity contribution is 0.165.